The number of carbonyl (C=O) groups is 1. The van der Waals surface area contributed by atoms with Gasteiger partial charge in [-0.3, -0.25) is 4.79 Å². The molecule has 0 saturated heterocycles. The number of thioether (sulfide) groups is 1. The minimum Gasteiger partial charge on any atom is -0.348 e. The van der Waals surface area contributed by atoms with Gasteiger partial charge in [0.2, 0.25) is 5.91 Å². The van der Waals surface area contributed by atoms with Crippen molar-refractivity contribution in [2.24, 2.45) is 5.92 Å². The number of benzene rings is 1. The van der Waals surface area contributed by atoms with Crippen molar-refractivity contribution >= 4 is 45.2 Å². The van der Waals surface area contributed by atoms with Crippen molar-refractivity contribution in [2.45, 2.75) is 36.0 Å². The Hall–Kier alpha value is -0.190. The van der Waals surface area contributed by atoms with E-state index in [0.29, 0.717) is 0 Å². The van der Waals surface area contributed by atoms with Crippen LogP contribution in [0.25, 0.3) is 0 Å². The van der Waals surface area contributed by atoms with Crippen LogP contribution < -0.4 is 5.32 Å². The van der Waals surface area contributed by atoms with Crippen molar-refractivity contribution in [2.75, 3.05) is 5.75 Å². The highest BCUT2D eigenvalue weighted by Crippen LogP contribution is 2.37. The lowest BCUT2D eigenvalue weighted by Gasteiger charge is -2.27. The Morgan fingerprint density at radius 3 is 2.95 bits per heavy atom. The van der Waals surface area contributed by atoms with E-state index in [1.165, 1.54) is 4.90 Å². The van der Waals surface area contributed by atoms with E-state index in [1.807, 2.05) is 43.8 Å². The second-order valence-corrected chi connectivity index (χ2v) is 7.59. The van der Waals surface area contributed by atoms with E-state index in [-0.39, 0.29) is 22.7 Å². The van der Waals surface area contributed by atoms with Crippen molar-refractivity contribution in [3.8, 4) is 0 Å². The SMILES string of the molecule is CC(C)C(Br)C(=O)NC1CCSc2ccc(Cl)cc21. The van der Waals surface area contributed by atoms with Crippen LogP contribution >= 0.6 is 39.3 Å². The molecular formula is C14H17BrClNOS. The van der Waals surface area contributed by atoms with Crippen LogP contribution in [0.1, 0.15) is 31.9 Å². The lowest BCUT2D eigenvalue weighted by molar-refractivity contribution is -0.121. The average molecular weight is 363 g/mol. The number of fused-ring (bicyclic) bond motifs is 1. The molecule has 1 amide bonds. The molecule has 0 bridgehead atoms. The van der Waals surface area contributed by atoms with Gasteiger partial charge in [0.1, 0.15) is 0 Å². The molecule has 0 aliphatic carbocycles. The van der Waals surface area contributed by atoms with E-state index in [1.54, 1.807) is 0 Å². The molecule has 0 saturated carbocycles. The van der Waals surface area contributed by atoms with Gasteiger partial charge < -0.3 is 5.32 Å². The molecule has 0 aromatic heterocycles. The topological polar surface area (TPSA) is 29.1 Å². The molecule has 0 fully saturated rings. The predicted octanol–water partition coefficient (Wildman–Crippen LogP) is 4.41. The summed E-state index contributed by atoms with van der Waals surface area (Å²) in [6, 6.07) is 5.97. The normalized spacial score (nSPS) is 19.9. The van der Waals surface area contributed by atoms with E-state index in [2.05, 4.69) is 21.2 Å². The first-order valence-corrected chi connectivity index (χ1v) is 8.63. The van der Waals surface area contributed by atoms with Crippen molar-refractivity contribution in [3.05, 3.63) is 28.8 Å². The third-order valence-electron chi connectivity index (χ3n) is 3.16. The molecule has 19 heavy (non-hydrogen) atoms. The van der Waals surface area contributed by atoms with Gasteiger partial charge in [0.15, 0.2) is 0 Å². The summed E-state index contributed by atoms with van der Waals surface area (Å²) in [5, 5.41) is 3.85. The molecule has 2 unspecified atom stereocenters. The minimum atomic E-state index is -0.148. The highest BCUT2D eigenvalue weighted by atomic mass is 79.9. The third kappa shape index (κ3) is 3.67. The van der Waals surface area contributed by atoms with Crippen molar-refractivity contribution < 1.29 is 4.79 Å². The molecule has 2 atom stereocenters. The molecule has 1 aromatic carbocycles. The fourth-order valence-corrected chi connectivity index (χ4v) is 3.49. The van der Waals surface area contributed by atoms with Crippen LogP contribution in [0.3, 0.4) is 0 Å². The van der Waals surface area contributed by atoms with Crippen LogP contribution in [-0.2, 0) is 4.79 Å². The third-order valence-corrected chi connectivity index (χ3v) is 5.99. The minimum absolute atomic E-state index is 0.0535. The first-order chi connectivity index (χ1) is 8.99. The van der Waals surface area contributed by atoms with Gasteiger partial charge in [-0.15, -0.1) is 11.8 Å². The van der Waals surface area contributed by atoms with Gasteiger partial charge in [-0.2, -0.15) is 0 Å². The van der Waals surface area contributed by atoms with Crippen LogP contribution in [0.5, 0.6) is 0 Å². The molecule has 0 radical (unpaired) electrons. The molecule has 1 heterocycles. The van der Waals surface area contributed by atoms with Gasteiger partial charge in [0.05, 0.1) is 10.9 Å². The number of carbonyl (C=O) groups excluding carboxylic acids is 1. The molecule has 1 aromatic rings. The fraction of sp³-hybridized carbons (Fsp3) is 0.500. The molecule has 1 aliphatic heterocycles. The Morgan fingerprint density at radius 1 is 1.53 bits per heavy atom. The fourth-order valence-electron chi connectivity index (χ4n) is 2.07. The standard InChI is InChI=1S/C14H17BrClNOS/c1-8(2)13(15)14(18)17-11-5-6-19-12-4-3-9(16)7-10(11)12/h3-4,7-8,11,13H,5-6H2,1-2H3,(H,17,18). The maximum absolute atomic E-state index is 12.1. The van der Waals surface area contributed by atoms with Crippen LogP contribution in [-0.4, -0.2) is 16.5 Å². The lowest BCUT2D eigenvalue weighted by Crippen LogP contribution is -2.37. The quantitative estimate of drug-likeness (QED) is 0.807. The summed E-state index contributed by atoms with van der Waals surface area (Å²) in [5.41, 5.74) is 1.14. The second-order valence-electron chi connectivity index (χ2n) is 5.03. The summed E-state index contributed by atoms with van der Waals surface area (Å²) >= 11 is 11.3. The van der Waals surface area contributed by atoms with Gasteiger partial charge in [-0.25, -0.2) is 0 Å². The number of halogens is 2. The molecular weight excluding hydrogens is 346 g/mol. The Morgan fingerprint density at radius 2 is 2.26 bits per heavy atom. The number of alkyl halides is 1. The van der Waals surface area contributed by atoms with E-state index in [4.69, 9.17) is 11.6 Å². The number of rotatable bonds is 3. The van der Waals surface area contributed by atoms with Crippen LogP contribution in [0, 0.1) is 5.92 Å². The largest absolute Gasteiger partial charge is 0.348 e. The Bertz CT molecular complexity index is 481. The zero-order valence-corrected chi connectivity index (χ0v) is 14.1. The number of amides is 1. The van der Waals surface area contributed by atoms with Gasteiger partial charge >= 0.3 is 0 Å². The van der Waals surface area contributed by atoms with E-state index in [9.17, 15) is 4.79 Å². The zero-order valence-electron chi connectivity index (χ0n) is 11.0. The summed E-state index contributed by atoms with van der Waals surface area (Å²) < 4.78 is 0. The van der Waals surface area contributed by atoms with Gasteiger partial charge in [-0.05, 0) is 36.1 Å². The highest BCUT2D eigenvalue weighted by Gasteiger charge is 2.26. The summed E-state index contributed by atoms with van der Waals surface area (Å²) in [5.74, 6) is 1.35. The summed E-state index contributed by atoms with van der Waals surface area (Å²) in [4.78, 5) is 13.2. The molecule has 2 rings (SSSR count). The summed E-state index contributed by atoms with van der Waals surface area (Å²) in [7, 11) is 0. The van der Waals surface area contributed by atoms with Crippen LogP contribution in [0.4, 0.5) is 0 Å². The predicted molar refractivity (Wildman–Crippen MR) is 85.2 cm³/mol. The lowest BCUT2D eigenvalue weighted by atomic mass is 10.0. The van der Waals surface area contributed by atoms with Crippen LogP contribution in [0.2, 0.25) is 5.02 Å². The van der Waals surface area contributed by atoms with E-state index >= 15 is 0 Å². The zero-order chi connectivity index (χ0) is 14.0. The summed E-state index contributed by atoms with van der Waals surface area (Å²) in [6.07, 6.45) is 0.946. The first kappa shape index (κ1) is 15.2. The maximum atomic E-state index is 12.1. The number of hydrogen-bond acceptors (Lipinski definition) is 2. The maximum Gasteiger partial charge on any atom is 0.234 e. The molecule has 5 heteroatoms. The van der Waals surface area contributed by atoms with Crippen molar-refractivity contribution in [3.63, 3.8) is 0 Å². The molecule has 1 N–H and O–H groups in total. The highest BCUT2D eigenvalue weighted by molar-refractivity contribution is 9.10. The van der Waals surface area contributed by atoms with E-state index in [0.717, 1.165) is 22.8 Å². The Kier molecular flexibility index (Phi) is 5.21. The summed E-state index contributed by atoms with van der Waals surface area (Å²) in [6.45, 7) is 4.06. The van der Waals surface area contributed by atoms with E-state index < -0.39 is 0 Å². The smallest absolute Gasteiger partial charge is 0.234 e. The van der Waals surface area contributed by atoms with Gasteiger partial charge in [-0.1, -0.05) is 41.4 Å². The second kappa shape index (κ2) is 6.51. The monoisotopic (exact) mass is 361 g/mol. The first-order valence-electron chi connectivity index (χ1n) is 6.35. The molecule has 0 spiro atoms. The van der Waals surface area contributed by atoms with Gasteiger partial charge in [0.25, 0.3) is 0 Å². The molecule has 104 valence electrons. The molecule has 2 nitrogen and oxygen atoms in total. The average Bonchev–Trinajstić information content (AvgIpc) is 2.38. The Labute approximate surface area is 131 Å². The van der Waals surface area contributed by atoms with Gasteiger partial charge in [0, 0.05) is 15.7 Å². The Balaban J connectivity index is 2.15. The van der Waals surface area contributed by atoms with Crippen molar-refractivity contribution in [1.29, 1.82) is 0 Å². The number of nitrogens with one attached hydrogen (secondary N) is 1. The van der Waals surface area contributed by atoms with Crippen LogP contribution in [0.15, 0.2) is 23.1 Å². The number of hydrogen-bond donors (Lipinski definition) is 1. The molecule has 1 aliphatic rings. The van der Waals surface area contributed by atoms with Crippen molar-refractivity contribution in [1.82, 2.24) is 5.32 Å².